The molecule has 0 bridgehead atoms. The smallest absolute Gasteiger partial charge is 0.251 e. The number of halogens is 1. The summed E-state index contributed by atoms with van der Waals surface area (Å²) in [5.74, 6) is -0.806. The maximum Gasteiger partial charge on any atom is 0.251 e. The first-order valence-corrected chi connectivity index (χ1v) is 12.9. The van der Waals surface area contributed by atoms with E-state index in [0.717, 1.165) is 0 Å². The molecule has 2 N–H and O–H groups in total. The minimum absolute atomic E-state index is 0.00263. The van der Waals surface area contributed by atoms with Crippen molar-refractivity contribution in [3.63, 3.8) is 0 Å². The van der Waals surface area contributed by atoms with Gasteiger partial charge >= 0.3 is 0 Å². The summed E-state index contributed by atoms with van der Waals surface area (Å²) >= 11 is 0. The van der Waals surface area contributed by atoms with Crippen LogP contribution < -0.4 is 10.6 Å². The van der Waals surface area contributed by atoms with Gasteiger partial charge in [0.2, 0.25) is 15.9 Å². The fourth-order valence-electron chi connectivity index (χ4n) is 3.93. The number of sulfonamides is 1. The molecule has 1 aliphatic rings. The van der Waals surface area contributed by atoms with Gasteiger partial charge in [-0.3, -0.25) is 14.5 Å². The fourth-order valence-corrected chi connectivity index (χ4v) is 5.39. The molecule has 184 valence electrons. The molecule has 1 aliphatic heterocycles. The van der Waals surface area contributed by atoms with Crippen molar-refractivity contribution >= 4 is 27.5 Å². The maximum absolute atomic E-state index is 13.0. The Kier molecular flexibility index (Phi) is 8.76. The summed E-state index contributed by atoms with van der Waals surface area (Å²) in [5, 5.41) is 5.77. The molecule has 0 radical (unpaired) electrons. The first kappa shape index (κ1) is 25.8. The van der Waals surface area contributed by atoms with Crippen LogP contribution in [-0.4, -0.2) is 68.2 Å². The predicted molar refractivity (Wildman–Crippen MR) is 129 cm³/mol. The van der Waals surface area contributed by atoms with E-state index < -0.39 is 10.0 Å². The molecule has 0 unspecified atom stereocenters. The second-order valence-corrected chi connectivity index (χ2v) is 10.1. The fraction of sp³-hybridized carbons (Fsp3) is 0.417. The molecule has 10 heteroatoms. The molecule has 1 saturated heterocycles. The van der Waals surface area contributed by atoms with E-state index in [-0.39, 0.29) is 35.1 Å². The lowest BCUT2D eigenvalue weighted by Crippen LogP contribution is -2.46. The minimum atomic E-state index is -3.54. The average molecular weight is 491 g/mol. The highest BCUT2D eigenvalue weighted by Gasteiger charge is 2.23. The van der Waals surface area contributed by atoms with E-state index >= 15 is 0 Å². The Balaban J connectivity index is 1.45. The summed E-state index contributed by atoms with van der Waals surface area (Å²) in [4.78, 5) is 27.0. The molecule has 2 amide bonds. The van der Waals surface area contributed by atoms with Gasteiger partial charge < -0.3 is 10.6 Å². The van der Waals surface area contributed by atoms with Crippen molar-refractivity contribution in [1.29, 1.82) is 0 Å². The van der Waals surface area contributed by atoms with Crippen LogP contribution in [0, 0.1) is 5.82 Å². The van der Waals surface area contributed by atoms with E-state index in [2.05, 4.69) is 10.6 Å². The van der Waals surface area contributed by atoms with Gasteiger partial charge in [-0.2, -0.15) is 4.31 Å². The third kappa shape index (κ3) is 6.62. The van der Waals surface area contributed by atoms with E-state index in [9.17, 15) is 22.4 Å². The van der Waals surface area contributed by atoms with Crippen molar-refractivity contribution < 1.29 is 22.4 Å². The van der Waals surface area contributed by atoms with Gasteiger partial charge in [0.05, 0.1) is 11.4 Å². The zero-order chi connectivity index (χ0) is 24.7. The third-order valence-electron chi connectivity index (χ3n) is 5.88. The van der Waals surface area contributed by atoms with E-state index in [1.54, 1.807) is 26.0 Å². The molecular weight excluding hydrogens is 459 g/mol. The van der Waals surface area contributed by atoms with E-state index in [1.807, 2.05) is 4.90 Å². The number of hydrogen-bond donors (Lipinski definition) is 2. The standard InChI is InChI=1S/C24H31FN4O4S/c1-3-29(4-2)34(32,33)22-11-9-20(10-12-22)26-23(30)17-28-15-13-21(14-16-28)27-24(31)18-5-7-19(25)8-6-18/h5-12,21H,3-4,13-17H2,1-2H3,(H,26,30)(H,27,31). The van der Waals surface area contributed by atoms with Gasteiger partial charge in [-0.05, 0) is 61.4 Å². The molecule has 1 fully saturated rings. The summed E-state index contributed by atoms with van der Waals surface area (Å²) in [6.45, 7) is 5.88. The maximum atomic E-state index is 13.0. The van der Waals surface area contributed by atoms with Crippen molar-refractivity contribution in [2.75, 3.05) is 38.0 Å². The Labute approximate surface area is 200 Å². The summed E-state index contributed by atoms with van der Waals surface area (Å²) in [5.41, 5.74) is 0.948. The molecule has 34 heavy (non-hydrogen) atoms. The quantitative estimate of drug-likeness (QED) is 0.563. The van der Waals surface area contributed by atoms with Crippen LogP contribution in [0.5, 0.6) is 0 Å². The van der Waals surface area contributed by atoms with Gasteiger partial charge in [0.1, 0.15) is 5.82 Å². The van der Waals surface area contributed by atoms with Gasteiger partial charge in [-0.25, -0.2) is 12.8 Å². The largest absolute Gasteiger partial charge is 0.349 e. The van der Waals surface area contributed by atoms with Crippen LogP contribution in [0.15, 0.2) is 53.4 Å². The Morgan fingerprint density at radius 1 is 1.00 bits per heavy atom. The number of nitrogens with one attached hydrogen (secondary N) is 2. The highest BCUT2D eigenvalue weighted by atomic mass is 32.2. The summed E-state index contributed by atoms with van der Waals surface area (Å²) in [6, 6.07) is 11.6. The van der Waals surface area contributed by atoms with Crippen LogP contribution in [-0.2, 0) is 14.8 Å². The summed E-state index contributed by atoms with van der Waals surface area (Å²) < 4.78 is 39.5. The van der Waals surface area contributed by atoms with Crippen molar-refractivity contribution in [1.82, 2.24) is 14.5 Å². The number of amides is 2. The van der Waals surface area contributed by atoms with Crippen molar-refractivity contribution in [3.05, 3.63) is 59.9 Å². The summed E-state index contributed by atoms with van der Waals surface area (Å²) in [7, 11) is -3.54. The Morgan fingerprint density at radius 2 is 1.59 bits per heavy atom. The topological polar surface area (TPSA) is 98.8 Å². The van der Waals surface area contributed by atoms with Crippen molar-refractivity contribution in [2.24, 2.45) is 0 Å². The normalized spacial score (nSPS) is 15.3. The molecule has 0 aliphatic carbocycles. The minimum Gasteiger partial charge on any atom is -0.349 e. The molecule has 0 spiro atoms. The van der Waals surface area contributed by atoms with Crippen LogP contribution in [0.2, 0.25) is 0 Å². The lowest BCUT2D eigenvalue weighted by Gasteiger charge is -2.31. The van der Waals surface area contributed by atoms with Crippen LogP contribution in [0.3, 0.4) is 0 Å². The molecule has 0 atom stereocenters. The summed E-state index contributed by atoms with van der Waals surface area (Å²) in [6.07, 6.45) is 1.41. The van der Waals surface area contributed by atoms with Crippen LogP contribution in [0.4, 0.5) is 10.1 Å². The molecular formula is C24H31FN4O4S. The Morgan fingerprint density at radius 3 is 2.15 bits per heavy atom. The second-order valence-electron chi connectivity index (χ2n) is 8.19. The number of benzene rings is 2. The van der Waals surface area contributed by atoms with E-state index in [4.69, 9.17) is 0 Å². The lowest BCUT2D eigenvalue weighted by molar-refractivity contribution is -0.117. The van der Waals surface area contributed by atoms with Gasteiger partial charge in [0.25, 0.3) is 5.91 Å². The first-order valence-electron chi connectivity index (χ1n) is 11.4. The number of piperidine rings is 1. The molecule has 8 nitrogen and oxygen atoms in total. The van der Waals surface area contributed by atoms with Crippen molar-refractivity contribution in [3.8, 4) is 0 Å². The number of anilines is 1. The highest BCUT2D eigenvalue weighted by molar-refractivity contribution is 7.89. The van der Waals surface area contributed by atoms with Crippen LogP contribution in [0.1, 0.15) is 37.0 Å². The number of nitrogens with zero attached hydrogens (tertiary/aromatic N) is 2. The van der Waals surface area contributed by atoms with Crippen LogP contribution >= 0.6 is 0 Å². The molecule has 1 heterocycles. The SMILES string of the molecule is CCN(CC)S(=O)(=O)c1ccc(NC(=O)CN2CCC(NC(=O)c3ccc(F)cc3)CC2)cc1. The zero-order valence-corrected chi connectivity index (χ0v) is 20.3. The first-order chi connectivity index (χ1) is 16.2. The second kappa shape index (κ2) is 11.5. The third-order valence-corrected chi connectivity index (χ3v) is 7.94. The van der Waals surface area contributed by atoms with E-state index in [1.165, 1.54) is 40.7 Å². The molecule has 2 aromatic carbocycles. The highest BCUT2D eigenvalue weighted by Crippen LogP contribution is 2.18. The number of likely N-dealkylation sites (tertiary alicyclic amines) is 1. The number of carbonyl (C=O) groups excluding carboxylic acids is 2. The number of carbonyl (C=O) groups is 2. The lowest BCUT2D eigenvalue weighted by atomic mass is 10.0. The number of rotatable bonds is 9. The molecule has 2 aromatic rings. The van der Waals surface area contributed by atoms with Gasteiger partial charge in [-0.15, -0.1) is 0 Å². The monoisotopic (exact) mass is 490 g/mol. The van der Waals surface area contributed by atoms with Gasteiger partial charge in [0.15, 0.2) is 0 Å². The average Bonchev–Trinajstić information content (AvgIpc) is 2.81. The molecule has 0 saturated carbocycles. The van der Waals surface area contributed by atoms with Gasteiger partial charge in [-0.1, -0.05) is 13.8 Å². The molecule has 3 rings (SSSR count). The van der Waals surface area contributed by atoms with Crippen LogP contribution in [0.25, 0.3) is 0 Å². The van der Waals surface area contributed by atoms with Crippen molar-refractivity contribution in [2.45, 2.75) is 37.6 Å². The zero-order valence-electron chi connectivity index (χ0n) is 19.5. The Hall–Kier alpha value is -2.82. The Bertz CT molecular complexity index is 1080. The van der Waals surface area contributed by atoms with E-state index in [0.29, 0.717) is 50.3 Å². The number of hydrogen-bond acceptors (Lipinski definition) is 5. The predicted octanol–water partition coefficient (Wildman–Crippen LogP) is 2.69. The van der Waals surface area contributed by atoms with Gasteiger partial charge in [0, 0.05) is 43.5 Å². The molecule has 0 aromatic heterocycles.